The van der Waals surface area contributed by atoms with Crippen molar-refractivity contribution in [1.29, 1.82) is 0 Å². The Morgan fingerprint density at radius 2 is 1.90 bits per heavy atom. The predicted molar refractivity (Wildman–Crippen MR) is 75.3 cm³/mol. The second-order valence-corrected chi connectivity index (χ2v) is 6.66. The molecule has 0 aliphatic rings. The van der Waals surface area contributed by atoms with E-state index in [2.05, 4.69) is 5.10 Å². The van der Waals surface area contributed by atoms with Crippen LogP contribution in [-0.4, -0.2) is 38.5 Å². The Kier molecular flexibility index (Phi) is 3.62. The first-order valence-corrected chi connectivity index (χ1v) is 7.73. The summed E-state index contributed by atoms with van der Waals surface area (Å²) in [5, 5.41) is 4.01. The first-order chi connectivity index (χ1) is 9.62. The first kappa shape index (κ1) is 15.2. The summed E-state index contributed by atoms with van der Waals surface area (Å²) in [6.07, 6.45) is 0.985. The van der Waals surface area contributed by atoms with Gasteiger partial charge in [-0.2, -0.15) is 0 Å². The summed E-state index contributed by atoms with van der Waals surface area (Å²) in [5.41, 5.74) is 5.67. The van der Waals surface area contributed by atoms with Crippen LogP contribution in [0.5, 0.6) is 0 Å². The standard InChI is InChI=1S/C12H14F2N4O2S/c1-17(2)12-10(21(3,19)20)11(15)18(16-12)9-5-4-7(13)6-8(9)14/h4-6H,15H2,1-3H3. The second-order valence-electron chi connectivity index (χ2n) is 4.71. The minimum Gasteiger partial charge on any atom is -0.382 e. The van der Waals surface area contributed by atoms with Crippen molar-refractivity contribution in [2.24, 2.45) is 0 Å². The third-order valence-electron chi connectivity index (χ3n) is 2.79. The van der Waals surface area contributed by atoms with Crippen molar-refractivity contribution in [2.75, 3.05) is 31.0 Å². The van der Waals surface area contributed by atoms with Crippen molar-refractivity contribution in [3.8, 4) is 5.69 Å². The van der Waals surface area contributed by atoms with Crippen LogP contribution < -0.4 is 10.6 Å². The molecule has 2 aromatic rings. The topological polar surface area (TPSA) is 81.2 Å². The highest BCUT2D eigenvalue weighted by Gasteiger charge is 2.26. The van der Waals surface area contributed by atoms with Crippen LogP contribution in [0.2, 0.25) is 0 Å². The number of hydrogen-bond acceptors (Lipinski definition) is 5. The molecule has 0 atom stereocenters. The smallest absolute Gasteiger partial charge is 0.182 e. The van der Waals surface area contributed by atoms with Gasteiger partial charge in [-0.25, -0.2) is 21.9 Å². The summed E-state index contributed by atoms with van der Waals surface area (Å²) < 4.78 is 51.4. The fourth-order valence-electron chi connectivity index (χ4n) is 1.89. The summed E-state index contributed by atoms with van der Waals surface area (Å²) >= 11 is 0. The van der Waals surface area contributed by atoms with Crippen molar-refractivity contribution in [1.82, 2.24) is 9.78 Å². The summed E-state index contributed by atoms with van der Waals surface area (Å²) in [7, 11) is -0.494. The summed E-state index contributed by atoms with van der Waals surface area (Å²) in [6, 6.07) is 2.85. The fraction of sp³-hybridized carbons (Fsp3) is 0.250. The van der Waals surface area contributed by atoms with Crippen molar-refractivity contribution in [3.05, 3.63) is 29.8 Å². The van der Waals surface area contributed by atoms with Crippen LogP contribution in [0, 0.1) is 11.6 Å². The van der Waals surface area contributed by atoms with Gasteiger partial charge in [-0.1, -0.05) is 0 Å². The van der Waals surface area contributed by atoms with Crippen molar-refractivity contribution >= 4 is 21.5 Å². The number of nitrogens with two attached hydrogens (primary N) is 1. The molecule has 0 bridgehead atoms. The van der Waals surface area contributed by atoms with Gasteiger partial charge in [0.1, 0.15) is 17.3 Å². The Bertz CT molecular complexity index is 800. The molecule has 1 aromatic heterocycles. The molecule has 1 aromatic carbocycles. The van der Waals surface area contributed by atoms with Crippen molar-refractivity contribution in [3.63, 3.8) is 0 Å². The molecule has 1 heterocycles. The molecule has 0 amide bonds. The van der Waals surface area contributed by atoms with Crippen molar-refractivity contribution < 1.29 is 17.2 Å². The quantitative estimate of drug-likeness (QED) is 0.920. The van der Waals surface area contributed by atoms with E-state index in [1.54, 1.807) is 14.1 Å². The maximum atomic E-state index is 13.8. The van der Waals surface area contributed by atoms with E-state index in [-0.39, 0.29) is 22.2 Å². The van der Waals surface area contributed by atoms with Gasteiger partial charge in [-0.05, 0) is 12.1 Å². The van der Waals surface area contributed by atoms with Gasteiger partial charge >= 0.3 is 0 Å². The van der Waals surface area contributed by atoms with Gasteiger partial charge in [0.15, 0.2) is 26.4 Å². The molecular formula is C12H14F2N4O2S. The lowest BCUT2D eigenvalue weighted by molar-refractivity contribution is 0.574. The van der Waals surface area contributed by atoms with E-state index in [0.29, 0.717) is 6.07 Å². The van der Waals surface area contributed by atoms with Gasteiger partial charge in [0, 0.05) is 26.4 Å². The number of halogens is 2. The normalized spacial score (nSPS) is 11.7. The molecule has 0 radical (unpaired) electrons. The molecular weight excluding hydrogens is 302 g/mol. The number of rotatable bonds is 3. The zero-order chi connectivity index (χ0) is 15.9. The summed E-state index contributed by atoms with van der Waals surface area (Å²) in [4.78, 5) is 1.25. The van der Waals surface area contributed by atoms with Gasteiger partial charge < -0.3 is 10.6 Å². The lowest BCUT2D eigenvalue weighted by atomic mass is 10.3. The van der Waals surface area contributed by atoms with E-state index in [4.69, 9.17) is 5.73 Å². The molecule has 0 unspecified atom stereocenters. The van der Waals surface area contributed by atoms with E-state index in [1.165, 1.54) is 4.90 Å². The number of nitrogens with zero attached hydrogens (tertiary/aromatic N) is 3. The predicted octanol–water partition coefficient (Wildman–Crippen LogP) is 1.20. The molecule has 21 heavy (non-hydrogen) atoms. The largest absolute Gasteiger partial charge is 0.382 e. The molecule has 0 saturated heterocycles. The minimum atomic E-state index is -3.66. The Hall–Kier alpha value is -2.16. The maximum Gasteiger partial charge on any atom is 0.182 e. The molecule has 0 fully saturated rings. The van der Waals surface area contributed by atoms with Crippen LogP contribution >= 0.6 is 0 Å². The summed E-state index contributed by atoms with van der Waals surface area (Å²) in [5.74, 6) is -1.79. The first-order valence-electron chi connectivity index (χ1n) is 5.84. The third-order valence-corrected chi connectivity index (χ3v) is 3.92. The number of aromatic nitrogens is 2. The van der Waals surface area contributed by atoms with Crippen LogP contribution in [0.3, 0.4) is 0 Å². The number of sulfone groups is 1. The maximum absolute atomic E-state index is 13.8. The van der Waals surface area contributed by atoms with E-state index < -0.39 is 21.5 Å². The zero-order valence-electron chi connectivity index (χ0n) is 11.6. The van der Waals surface area contributed by atoms with Crippen LogP contribution in [-0.2, 0) is 9.84 Å². The van der Waals surface area contributed by atoms with Gasteiger partial charge in [-0.3, -0.25) is 0 Å². The molecule has 0 saturated carbocycles. The second kappa shape index (κ2) is 4.99. The van der Waals surface area contributed by atoms with Gasteiger partial charge in [0.05, 0.1) is 0 Å². The van der Waals surface area contributed by atoms with E-state index >= 15 is 0 Å². The minimum absolute atomic E-state index is 0.0822. The number of nitrogen functional groups attached to an aromatic ring is 1. The highest BCUT2D eigenvalue weighted by atomic mass is 32.2. The Balaban J connectivity index is 2.78. The fourth-order valence-corrected chi connectivity index (χ4v) is 2.91. The highest BCUT2D eigenvalue weighted by Crippen LogP contribution is 2.31. The van der Waals surface area contributed by atoms with Gasteiger partial charge in [-0.15, -0.1) is 5.10 Å². The lowest BCUT2D eigenvalue weighted by Crippen LogP contribution is -2.13. The van der Waals surface area contributed by atoms with Gasteiger partial charge in [0.25, 0.3) is 0 Å². The van der Waals surface area contributed by atoms with Crippen LogP contribution in [0.15, 0.2) is 23.1 Å². The average Bonchev–Trinajstić information content (AvgIpc) is 2.67. The molecule has 9 heteroatoms. The van der Waals surface area contributed by atoms with Crippen LogP contribution in [0.4, 0.5) is 20.4 Å². The van der Waals surface area contributed by atoms with E-state index in [9.17, 15) is 17.2 Å². The number of anilines is 2. The summed E-state index contributed by atoms with van der Waals surface area (Å²) in [6.45, 7) is 0. The SMILES string of the molecule is CN(C)c1nn(-c2ccc(F)cc2F)c(N)c1S(C)(=O)=O. The molecule has 0 aliphatic carbocycles. The molecule has 0 aliphatic heterocycles. The third kappa shape index (κ3) is 2.68. The Morgan fingerprint density at radius 1 is 1.29 bits per heavy atom. The van der Waals surface area contributed by atoms with Crippen LogP contribution in [0.1, 0.15) is 0 Å². The van der Waals surface area contributed by atoms with E-state index in [1.807, 2.05) is 0 Å². The highest BCUT2D eigenvalue weighted by molar-refractivity contribution is 7.91. The average molecular weight is 316 g/mol. The molecule has 2 N–H and O–H groups in total. The molecule has 2 rings (SSSR count). The molecule has 6 nitrogen and oxygen atoms in total. The molecule has 114 valence electrons. The monoisotopic (exact) mass is 316 g/mol. The Labute approximate surface area is 120 Å². The number of hydrogen-bond donors (Lipinski definition) is 1. The molecule has 0 spiro atoms. The van der Waals surface area contributed by atoms with Crippen molar-refractivity contribution in [2.45, 2.75) is 4.90 Å². The van der Waals surface area contributed by atoms with Gasteiger partial charge in [0.2, 0.25) is 0 Å². The lowest BCUT2D eigenvalue weighted by Gasteiger charge is -2.09. The zero-order valence-corrected chi connectivity index (χ0v) is 12.4. The van der Waals surface area contributed by atoms with E-state index in [0.717, 1.165) is 23.1 Å². The number of benzene rings is 1. The Morgan fingerprint density at radius 3 is 2.33 bits per heavy atom. The van der Waals surface area contributed by atoms with Crippen LogP contribution in [0.25, 0.3) is 5.69 Å².